The van der Waals surface area contributed by atoms with Gasteiger partial charge in [-0.25, -0.2) is 4.68 Å². The van der Waals surface area contributed by atoms with Crippen molar-refractivity contribution in [3.8, 4) is 17.3 Å². The van der Waals surface area contributed by atoms with Crippen LogP contribution in [0.15, 0.2) is 64.4 Å². The Morgan fingerprint density at radius 2 is 1.81 bits per heavy atom. The number of thiazole rings is 1. The number of aromatic nitrogens is 3. The summed E-state index contributed by atoms with van der Waals surface area (Å²) in [5.41, 5.74) is 4.31. The first-order valence-corrected chi connectivity index (χ1v) is 10.8. The fourth-order valence-electron chi connectivity index (χ4n) is 3.78. The van der Waals surface area contributed by atoms with Gasteiger partial charge in [-0.1, -0.05) is 36.4 Å². The van der Waals surface area contributed by atoms with Gasteiger partial charge in [0.25, 0.3) is 5.56 Å². The Labute approximate surface area is 187 Å². The molecule has 0 spiro atoms. The average molecular weight is 447 g/mol. The summed E-state index contributed by atoms with van der Waals surface area (Å²) >= 11 is 6.81. The summed E-state index contributed by atoms with van der Waals surface area (Å²) in [7, 11) is 1.81. The lowest BCUT2D eigenvalue weighted by molar-refractivity contribution is 0.440. The van der Waals surface area contributed by atoms with E-state index in [1.807, 2.05) is 74.6 Å². The fourth-order valence-corrected chi connectivity index (χ4v) is 5.05. The number of aliphatic imine (C=N–C) groups is 1. The normalized spacial score (nSPS) is 13.8. The highest BCUT2D eigenvalue weighted by Crippen LogP contribution is 2.37. The van der Waals surface area contributed by atoms with Crippen molar-refractivity contribution < 1.29 is 5.11 Å². The number of allylic oxidation sites excluding steroid dienone is 1. The monoisotopic (exact) mass is 446 g/mol. The van der Waals surface area contributed by atoms with E-state index in [1.165, 1.54) is 15.9 Å². The Bertz CT molecular complexity index is 1500. The van der Waals surface area contributed by atoms with Crippen LogP contribution in [-0.4, -0.2) is 25.3 Å². The third-order valence-corrected chi connectivity index (χ3v) is 6.71. The van der Waals surface area contributed by atoms with Gasteiger partial charge < -0.3 is 5.11 Å². The molecule has 0 aliphatic carbocycles. The molecule has 0 amide bonds. The van der Waals surface area contributed by atoms with Crippen LogP contribution in [0.3, 0.4) is 0 Å². The molecule has 0 bridgehead atoms. The minimum Gasteiger partial charge on any atom is -0.493 e. The van der Waals surface area contributed by atoms with Crippen LogP contribution in [0.25, 0.3) is 23.0 Å². The first-order valence-electron chi connectivity index (χ1n) is 9.61. The first kappa shape index (κ1) is 19.5. The Hall–Kier alpha value is -3.49. The summed E-state index contributed by atoms with van der Waals surface area (Å²) in [6.45, 7) is 1.84. The molecule has 3 heterocycles. The Balaban J connectivity index is 1.67. The van der Waals surface area contributed by atoms with Crippen LogP contribution in [0.4, 0.5) is 5.69 Å². The molecule has 1 N–H and O–H groups in total. The molecule has 5 rings (SSSR count). The molecule has 2 aromatic carbocycles. The van der Waals surface area contributed by atoms with Crippen LogP contribution < -0.4 is 5.56 Å². The van der Waals surface area contributed by atoms with Gasteiger partial charge in [0.05, 0.1) is 21.9 Å². The van der Waals surface area contributed by atoms with Crippen molar-refractivity contribution >= 4 is 47.1 Å². The Morgan fingerprint density at radius 1 is 1.10 bits per heavy atom. The smallest absolute Gasteiger partial charge is 0.296 e. The van der Waals surface area contributed by atoms with Gasteiger partial charge in [0.15, 0.2) is 3.95 Å². The maximum absolute atomic E-state index is 13.4. The van der Waals surface area contributed by atoms with E-state index in [0.717, 1.165) is 22.5 Å². The van der Waals surface area contributed by atoms with E-state index in [1.54, 1.807) is 15.6 Å². The molecule has 31 heavy (non-hydrogen) atoms. The highest BCUT2D eigenvalue weighted by Gasteiger charge is 2.23. The molecule has 0 saturated carbocycles. The molecule has 0 saturated heterocycles. The number of aromatic hydroxyl groups is 1. The van der Waals surface area contributed by atoms with Crippen LogP contribution in [-0.2, 0) is 7.05 Å². The van der Waals surface area contributed by atoms with Crippen molar-refractivity contribution in [2.75, 3.05) is 0 Å². The third-order valence-electron chi connectivity index (χ3n) is 5.40. The molecule has 154 valence electrons. The van der Waals surface area contributed by atoms with E-state index in [9.17, 15) is 9.90 Å². The number of benzene rings is 2. The summed E-state index contributed by atoms with van der Waals surface area (Å²) < 4.78 is 5.20. The van der Waals surface area contributed by atoms with Crippen LogP contribution in [0.5, 0.6) is 5.88 Å². The Kier molecular flexibility index (Phi) is 4.60. The SMILES string of the molecule is Cc1c(-n2c(O)c(/C=C3\C=Nc4ccccc43)sc2=S)c(=O)n(-c2ccccc2)n1C. The molecule has 0 atom stereocenters. The zero-order valence-corrected chi connectivity index (χ0v) is 18.4. The van der Waals surface area contributed by atoms with Gasteiger partial charge in [0, 0.05) is 24.4 Å². The molecule has 6 nitrogen and oxygen atoms in total. The molecule has 1 aliphatic heterocycles. The number of rotatable bonds is 3. The molecular weight excluding hydrogens is 428 g/mol. The summed E-state index contributed by atoms with van der Waals surface area (Å²) in [4.78, 5) is 18.4. The second-order valence-electron chi connectivity index (χ2n) is 7.18. The predicted octanol–water partition coefficient (Wildman–Crippen LogP) is 5.03. The molecule has 1 aliphatic rings. The zero-order chi connectivity index (χ0) is 21.7. The minimum atomic E-state index is -0.248. The van der Waals surface area contributed by atoms with E-state index in [-0.39, 0.29) is 11.4 Å². The van der Waals surface area contributed by atoms with Gasteiger partial charge in [0.1, 0.15) is 5.69 Å². The quantitative estimate of drug-likeness (QED) is 0.449. The van der Waals surface area contributed by atoms with Crippen molar-refractivity contribution in [2.24, 2.45) is 12.0 Å². The summed E-state index contributed by atoms with van der Waals surface area (Å²) in [5.74, 6) is -0.0497. The van der Waals surface area contributed by atoms with Crippen molar-refractivity contribution in [2.45, 2.75) is 6.92 Å². The lowest BCUT2D eigenvalue weighted by Crippen LogP contribution is -2.21. The highest BCUT2D eigenvalue weighted by atomic mass is 32.1. The van der Waals surface area contributed by atoms with E-state index in [0.29, 0.717) is 20.2 Å². The van der Waals surface area contributed by atoms with E-state index in [4.69, 9.17) is 12.2 Å². The summed E-state index contributed by atoms with van der Waals surface area (Å²) in [6.07, 6.45) is 3.63. The zero-order valence-electron chi connectivity index (χ0n) is 16.8. The molecule has 0 unspecified atom stereocenters. The molecule has 8 heteroatoms. The van der Waals surface area contributed by atoms with Gasteiger partial charge in [-0.2, -0.15) is 0 Å². The van der Waals surface area contributed by atoms with Gasteiger partial charge in [0.2, 0.25) is 5.88 Å². The van der Waals surface area contributed by atoms with Crippen molar-refractivity contribution in [1.29, 1.82) is 0 Å². The van der Waals surface area contributed by atoms with Crippen LogP contribution >= 0.6 is 23.6 Å². The molecular formula is C23H18N4O2S2. The van der Waals surface area contributed by atoms with Gasteiger partial charge >= 0.3 is 0 Å². The highest BCUT2D eigenvalue weighted by molar-refractivity contribution is 7.73. The van der Waals surface area contributed by atoms with Gasteiger partial charge in [-0.3, -0.25) is 19.0 Å². The fraction of sp³-hybridized carbons (Fsp3) is 0.0870. The van der Waals surface area contributed by atoms with Crippen molar-refractivity contribution in [3.63, 3.8) is 0 Å². The second-order valence-corrected chi connectivity index (χ2v) is 8.85. The lowest BCUT2D eigenvalue weighted by atomic mass is 10.1. The lowest BCUT2D eigenvalue weighted by Gasteiger charge is -2.07. The average Bonchev–Trinajstić information content (AvgIpc) is 3.37. The van der Waals surface area contributed by atoms with Gasteiger partial charge in [-0.15, -0.1) is 11.3 Å². The Morgan fingerprint density at radius 3 is 2.58 bits per heavy atom. The standard InChI is InChI=1S/C23H18N4O2S2/c1-14-20(22(29)27(25(14)2)16-8-4-3-5-9-16)26-21(28)19(31-23(26)30)12-15-13-24-18-11-7-6-10-17(15)18/h3-13,28H,1-2H3/b15-12+. The van der Waals surface area contributed by atoms with Crippen molar-refractivity contribution in [3.05, 3.63) is 85.0 Å². The number of para-hydroxylation sites is 2. The molecule has 0 fully saturated rings. The topological polar surface area (TPSA) is 64.4 Å². The third kappa shape index (κ3) is 3.03. The van der Waals surface area contributed by atoms with Crippen LogP contribution in [0.2, 0.25) is 0 Å². The van der Waals surface area contributed by atoms with E-state index >= 15 is 0 Å². The second kappa shape index (κ2) is 7.33. The first-order chi connectivity index (χ1) is 15.0. The molecule has 0 radical (unpaired) electrons. The number of hydrogen-bond acceptors (Lipinski definition) is 5. The maximum Gasteiger partial charge on any atom is 0.296 e. The predicted molar refractivity (Wildman–Crippen MR) is 128 cm³/mol. The minimum absolute atomic E-state index is 0.0497. The maximum atomic E-state index is 13.4. The van der Waals surface area contributed by atoms with E-state index < -0.39 is 0 Å². The number of hydrogen-bond donors (Lipinski definition) is 1. The summed E-state index contributed by atoms with van der Waals surface area (Å²) in [6, 6.07) is 17.2. The van der Waals surface area contributed by atoms with Crippen LogP contribution in [0, 0.1) is 10.9 Å². The van der Waals surface area contributed by atoms with Gasteiger partial charge in [-0.05, 0) is 43.4 Å². The van der Waals surface area contributed by atoms with Crippen molar-refractivity contribution in [1.82, 2.24) is 13.9 Å². The van der Waals surface area contributed by atoms with Crippen LogP contribution in [0.1, 0.15) is 16.1 Å². The molecule has 4 aromatic rings. The van der Waals surface area contributed by atoms with E-state index in [2.05, 4.69) is 4.99 Å². The number of nitrogens with zero attached hydrogens (tertiary/aromatic N) is 4. The summed E-state index contributed by atoms with van der Waals surface area (Å²) in [5, 5.41) is 11.1. The number of fused-ring (bicyclic) bond motifs is 1. The largest absolute Gasteiger partial charge is 0.493 e. The molecule has 2 aromatic heterocycles.